The highest BCUT2D eigenvalue weighted by atomic mass is 19.1. The van der Waals surface area contributed by atoms with Gasteiger partial charge >= 0.3 is 0 Å². The molecule has 0 aromatic heterocycles. The van der Waals surface area contributed by atoms with Gasteiger partial charge in [0.15, 0.2) is 11.5 Å². The molecule has 29 heavy (non-hydrogen) atoms. The predicted octanol–water partition coefficient (Wildman–Crippen LogP) is 4.69. The lowest BCUT2D eigenvalue weighted by atomic mass is 9.97. The maximum absolute atomic E-state index is 13.1. The van der Waals surface area contributed by atoms with Crippen LogP contribution in [0.3, 0.4) is 0 Å². The fourth-order valence-electron chi connectivity index (χ4n) is 3.11. The molecule has 0 spiro atoms. The number of nitrogens with zero attached hydrogens (tertiary/aromatic N) is 1. The fraction of sp³-hybridized carbons (Fsp3) is 0.182. The molecule has 0 aliphatic heterocycles. The topological polar surface area (TPSA) is 81.8 Å². The van der Waals surface area contributed by atoms with E-state index < -0.39 is 11.0 Å². The normalized spacial score (nSPS) is 11.7. The maximum Gasteiger partial charge on any atom is 0.276 e. The van der Waals surface area contributed by atoms with Gasteiger partial charge in [0.1, 0.15) is 5.82 Å². The van der Waals surface area contributed by atoms with Crippen molar-refractivity contribution in [1.29, 1.82) is 0 Å². The number of nitro benzene ring substituents is 1. The van der Waals surface area contributed by atoms with Gasteiger partial charge in [-0.1, -0.05) is 36.4 Å². The van der Waals surface area contributed by atoms with Gasteiger partial charge in [0, 0.05) is 12.0 Å². The van der Waals surface area contributed by atoms with E-state index in [0.717, 1.165) is 11.1 Å². The van der Waals surface area contributed by atoms with Crippen LogP contribution in [0.4, 0.5) is 10.1 Å². The molecule has 3 aromatic carbocycles. The van der Waals surface area contributed by atoms with Crippen LogP contribution in [0.25, 0.3) is 11.1 Å². The van der Waals surface area contributed by atoms with Crippen molar-refractivity contribution in [3.8, 4) is 22.6 Å². The zero-order valence-electron chi connectivity index (χ0n) is 16.0. The lowest BCUT2D eigenvalue weighted by Crippen LogP contribution is -2.05. The minimum Gasteiger partial charge on any atom is -0.493 e. The van der Waals surface area contributed by atoms with Crippen molar-refractivity contribution in [3.05, 3.63) is 87.7 Å². The molecule has 0 bridgehead atoms. The van der Waals surface area contributed by atoms with Crippen LogP contribution in [0.5, 0.6) is 11.5 Å². The average molecular weight is 397 g/mol. The smallest absolute Gasteiger partial charge is 0.276 e. The zero-order valence-corrected chi connectivity index (χ0v) is 16.0. The molecule has 0 aliphatic rings. The Kier molecular flexibility index (Phi) is 6.09. The minimum absolute atomic E-state index is 0.0343. The molecule has 0 aliphatic carbocycles. The Labute approximate surface area is 167 Å². The Hall–Kier alpha value is -3.45. The molecule has 3 rings (SSSR count). The Morgan fingerprint density at radius 3 is 2.00 bits per heavy atom. The Balaban J connectivity index is 1.85. The SMILES string of the molecule is COc1cc(CC(O)c2ccc(-c3ccc(F)cc3)cc2)c([N+](=O)[O-])cc1OC. The van der Waals surface area contributed by atoms with Gasteiger partial charge in [-0.05, 0) is 34.9 Å². The van der Waals surface area contributed by atoms with Crippen molar-refractivity contribution < 1.29 is 23.9 Å². The second-order valence-corrected chi connectivity index (χ2v) is 6.44. The van der Waals surface area contributed by atoms with E-state index in [0.29, 0.717) is 16.9 Å². The molecule has 1 N–H and O–H groups in total. The number of rotatable bonds is 7. The van der Waals surface area contributed by atoms with Gasteiger partial charge in [0.2, 0.25) is 0 Å². The fourth-order valence-corrected chi connectivity index (χ4v) is 3.11. The van der Waals surface area contributed by atoms with Crippen molar-refractivity contribution in [1.82, 2.24) is 0 Å². The average Bonchev–Trinajstić information content (AvgIpc) is 2.73. The first-order chi connectivity index (χ1) is 13.9. The number of hydrogen-bond acceptors (Lipinski definition) is 5. The summed E-state index contributed by atoms with van der Waals surface area (Å²) in [5.41, 5.74) is 2.52. The number of hydrogen-bond donors (Lipinski definition) is 1. The number of aliphatic hydroxyl groups is 1. The summed E-state index contributed by atoms with van der Waals surface area (Å²) in [5.74, 6) is 0.297. The van der Waals surface area contributed by atoms with Crippen LogP contribution in [0, 0.1) is 15.9 Å². The van der Waals surface area contributed by atoms with Crippen LogP contribution in [-0.4, -0.2) is 24.2 Å². The van der Waals surface area contributed by atoms with Crippen LogP contribution in [0.2, 0.25) is 0 Å². The number of halogens is 1. The van der Waals surface area contributed by atoms with Crippen molar-refractivity contribution in [2.24, 2.45) is 0 Å². The second kappa shape index (κ2) is 8.70. The summed E-state index contributed by atoms with van der Waals surface area (Å²) in [4.78, 5) is 10.9. The number of benzene rings is 3. The van der Waals surface area contributed by atoms with Crippen LogP contribution in [0.1, 0.15) is 17.2 Å². The molecule has 0 radical (unpaired) electrons. The molecular weight excluding hydrogens is 377 g/mol. The minimum atomic E-state index is -0.950. The Bertz CT molecular complexity index is 1000. The van der Waals surface area contributed by atoms with Crippen LogP contribution in [-0.2, 0) is 6.42 Å². The van der Waals surface area contributed by atoms with Crippen LogP contribution in [0.15, 0.2) is 60.7 Å². The molecule has 1 atom stereocenters. The Morgan fingerprint density at radius 2 is 1.48 bits per heavy atom. The zero-order chi connectivity index (χ0) is 21.0. The largest absolute Gasteiger partial charge is 0.493 e. The third-order valence-corrected chi connectivity index (χ3v) is 4.67. The third kappa shape index (κ3) is 4.52. The van der Waals surface area contributed by atoms with Gasteiger partial charge in [0.05, 0.1) is 31.3 Å². The number of methoxy groups -OCH3 is 2. The standard InChI is InChI=1S/C22H20FNO5/c1-28-21-12-17(19(24(26)27)13-22(21)29-2)11-20(25)16-5-3-14(4-6-16)15-7-9-18(23)10-8-15/h3-10,12-13,20,25H,11H2,1-2H3. The van der Waals surface area contributed by atoms with E-state index in [1.54, 1.807) is 24.3 Å². The van der Waals surface area contributed by atoms with Gasteiger partial charge in [-0.3, -0.25) is 10.1 Å². The molecule has 0 heterocycles. The van der Waals surface area contributed by atoms with Gasteiger partial charge in [-0.15, -0.1) is 0 Å². The predicted molar refractivity (Wildman–Crippen MR) is 107 cm³/mol. The third-order valence-electron chi connectivity index (χ3n) is 4.67. The van der Waals surface area contributed by atoms with Crippen molar-refractivity contribution in [2.45, 2.75) is 12.5 Å². The summed E-state index contributed by atoms with van der Waals surface area (Å²) in [6, 6.07) is 16.0. The van der Waals surface area contributed by atoms with Crippen molar-refractivity contribution >= 4 is 5.69 Å². The molecule has 3 aromatic rings. The van der Waals surface area contributed by atoms with E-state index in [1.165, 1.54) is 38.5 Å². The monoisotopic (exact) mass is 397 g/mol. The highest BCUT2D eigenvalue weighted by Gasteiger charge is 2.22. The molecule has 6 nitrogen and oxygen atoms in total. The highest BCUT2D eigenvalue weighted by molar-refractivity contribution is 5.63. The number of aliphatic hydroxyl groups excluding tert-OH is 1. The quantitative estimate of drug-likeness (QED) is 0.462. The number of ether oxygens (including phenoxy) is 2. The summed E-state index contributed by atoms with van der Waals surface area (Å²) in [5, 5.41) is 22.1. The highest BCUT2D eigenvalue weighted by Crippen LogP contribution is 2.36. The van der Waals surface area contributed by atoms with Gasteiger partial charge < -0.3 is 14.6 Å². The van der Waals surface area contributed by atoms with E-state index in [1.807, 2.05) is 12.1 Å². The lowest BCUT2D eigenvalue weighted by Gasteiger charge is -2.14. The second-order valence-electron chi connectivity index (χ2n) is 6.44. The first-order valence-electron chi connectivity index (χ1n) is 8.86. The molecular formula is C22H20FNO5. The van der Waals surface area contributed by atoms with Crippen LogP contribution < -0.4 is 9.47 Å². The van der Waals surface area contributed by atoms with E-state index in [2.05, 4.69) is 0 Å². The summed E-state index contributed by atoms with van der Waals surface area (Å²) in [6.07, 6.45) is -0.916. The van der Waals surface area contributed by atoms with Gasteiger partial charge in [-0.2, -0.15) is 0 Å². The molecule has 0 amide bonds. The van der Waals surface area contributed by atoms with E-state index in [9.17, 15) is 19.6 Å². The van der Waals surface area contributed by atoms with E-state index >= 15 is 0 Å². The van der Waals surface area contributed by atoms with Crippen molar-refractivity contribution in [2.75, 3.05) is 14.2 Å². The van der Waals surface area contributed by atoms with Gasteiger partial charge in [-0.25, -0.2) is 4.39 Å². The molecule has 0 saturated heterocycles. The molecule has 1 unspecified atom stereocenters. The summed E-state index contributed by atoms with van der Waals surface area (Å²) < 4.78 is 23.4. The summed E-state index contributed by atoms with van der Waals surface area (Å²) >= 11 is 0. The molecule has 7 heteroatoms. The van der Waals surface area contributed by atoms with Gasteiger partial charge in [0.25, 0.3) is 5.69 Å². The van der Waals surface area contributed by atoms with E-state index in [-0.39, 0.29) is 23.7 Å². The summed E-state index contributed by atoms with van der Waals surface area (Å²) in [7, 11) is 2.84. The van der Waals surface area contributed by atoms with Crippen molar-refractivity contribution in [3.63, 3.8) is 0 Å². The first kappa shape index (κ1) is 20.3. The Morgan fingerprint density at radius 1 is 0.966 bits per heavy atom. The lowest BCUT2D eigenvalue weighted by molar-refractivity contribution is -0.385. The number of nitro groups is 1. The maximum atomic E-state index is 13.1. The molecule has 150 valence electrons. The first-order valence-corrected chi connectivity index (χ1v) is 8.86. The van der Waals surface area contributed by atoms with Crippen LogP contribution >= 0.6 is 0 Å². The van der Waals surface area contributed by atoms with E-state index in [4.69, 9.17) is 9.47 Å². The molecule has 0 saturated carbocycles. The molecule has 0 fully saturated rings. The summed E-state index contributed by atoms with van der Waals surface area (Å²) in [6.45, 7) is 0.